The van der Waals surface area contributed by atoms with Crippen molar-refractivity contribution >= 4 is 21.8 Å². The van der Waals surface area contributed by atoms with Gasteiger partial charge in [0, 0.05) is 28.2 Å². The van der Waals surface area contributed by atoms with Crippen LogP contribution in [0, 0.1) is 19.8 Å². The van der Waals surface area contributed by atoms with Gasteiger partial charge in [-0.3, -0.25) is 4.79 Å². The first-order chi connectivity index (χ1) is 13.0. The second-order valence-electron chi connectivity index (χ2n) is 7.12. The fourth-order valence-corrected chi connectivity index (χ4v) is 4.07. The highest BCUT2D eigenvalue weighted by Gasteiger charge is 2.43. The number of halogens is 1. The van der Waals surface area contributed by atoms with Gasteiger partial charge in [-0.1, -0.05) is 46.3 Å². The van der Waals surface area contributed by atoms with E-state index in [0.717, 1.165) is 33.5 Å². The summed E-state index contributed by atoms with van der Waals surface area (Å²) in [5, 5.41) is 7.77. The van der Waals surface area contributed by atoms with Crippen LogP contribution in [0.1, 0.15) is 34.9 Å². The van der Waals surface area contributed by atoms with E-state index in [4.69, 9.17) is 0 Å². The van der Waals surface area contributed by atoms with Crippen LogP contribution in [0.15, 0.2) is 59.1 Å². The number of hydrogen-bond acceptors (Lipinski definition) is 2. The molecule has 2 aromatic carbocycles. The van der Waals surface area contributed by atoms with Gasteiger partial charge in [-0.25, -0.2) is 4.68 Å². The SMILES string of the molecule is Cc1nn(-c2ccccc2)c(C)c1CNC(=O)C1CC1c1cccc(Br)c1. The van der Waals surface area contributed by atoms with Crippen molar-refractivity contribution in [3.8, 4) is 5.69 Å². The van der Waals surface area contributed by atoms with Gasteiger partial charge in [-0.2, -0.15) is 5.10 Å². The molecule has 1 aromatic heterocycles. The van der Waals surface area contributed by atoms with E-state index in [9.17, 15) is 4.79 Å². The van der Waals surface area contributed by atoms with Gasteiger partial charge in [0.25, 0.3) is 0 Å². The molecule has 4 rings (SSSR count). The summed E-state index contributed by atoms with van der Waals surface area (Å²) in [6.07, 6.45) is 0.920. The number of para-hydroxylation sites is 1. The second-order valence-corrected chi connectivity index (χ2v) is 8.03. The number of benzene rings is 2. The first kappa shape index (κ1) is 18.0. The first-order valence-corrected chi connectivity index (χ1v) is 9.97. The smallest absolute Gasteiger partial charge is 0.224 e. The third kappa shape index (κ3) is 3.69. The first-order valence-electron chi connectivity index (χ1n) is 9.18. The van der Waals surface area contributed by atoms with Crippen LogP contribution >= 0.6 is 15.9 Å². The fourth-order valence-electron chi connectivity index (χ4n) is 3.65. The van der Waals surface area contributed by atoms with E-state index in [0.29, 0.717) is 12.5 Å². The molecule has 1 fully saturated rings. The van der Waals surface area contributed by atoms with Gasteiger partial charge in [0.1, 0.15) is 0 Å². The maximum Gasteiger partial charge on any atom is 0.224 e. The minimum absolute atomic E-state index is 0.0732. The van der Waals surface area contributed by atoms with Crippen LogP contribution in [-0.2, 0) is 11.3 Å². The number of aryl methyl sites for hydroxylation is 1. The lowest BCUT2D eigenvalue weighted by atomic mass is 10.1. The normalized spacial score (nSPS) is 18.3. The molecule has 4 nitrogen and oxygen atoms in total. The summed E-state index contributed by atoms with van der Waals surface area (Å²) < 4.78 is 3.00. The molecule has 1 saturated carbocycles. The van der Waals surface area contributed by atoms with Crippen molar-refractivity contribution in [2.45, 2.75) is 32.7 Å². The van der Waals surface area contributed by atoms with E-state index in [1.807, 2.05) is 54.1 Å². The summed E-state index contributed by atoms with van der Waals surface area (Å²) in [5.74, 6) is 0.534. The van der Waals surface area contributed by atoms with Crippen LogP contribution in [0.4, 0.5) is 0 Å². The Hall–Kier alpha value is -2.40. The van der Waals surface area contributed by atoms with Gasteiger partial charge in [0.05, 0.1) is 11.4 Å². The molecule has 0 spiro atoms. The third-order valence-corrected chi connectivity index (χ3v) is 5.78. The van der Waals surface area contributed by atoms with Crippen LogP contribution in [-0.4, -0.2) is 15.7 Å². The minimum Gasteiger partial charge on any atom is -0.352 e. The minimum atomic E-state index is 0.0732. The van der Waals surface area contributed by atoms with Crippen molar-refractivity contribution in [2.24, 2.45) is 5.92 Å². The maximum absolute atomic E-state index is 12.6. The summed E-state index contributed by atoms with van der Waals surface area (Å²) >= 11 is 3.50. The molecule has 138 valence electrons. The van der Waals surface area contributed by atoms with E-state index in [1.165, 1.54) is 5.56 Å². The van der Waals surface area contributed by atoms with Gasteiger partial charge < -0.3 is 5.32 Å². The van der Waals surface area contributed by atoms with E-state index in [-0.39, 0.29) is 11.8 Å². The summed E-state index contributed by atoms with van der Waals surface area (Å²) in [5.41, 5.74) is 5.38. The number of nitrogens with zero attached hydrogens (tertiary/aromatic N) is 2. The van der Waals surface area contributed by atoms with Crippen LogP contribution < -0.4 is 5.32 Å². The quantitative estimate of drug-likeness (QED) is 0.647. The topological polar surface area (TPSA) is 46.9 Å². The number of aromatic nitrogens is 2. The molecule has 1 aliphatic carbocycles. The fraction of sp³-hybridized carbons (Fsp3) is 0.273. The highest BCUT2D eigenvalue weighted by molar-refractivity contribution is 9.10. The third-order valence-electron chi connectivity index (χ3n) is 5.29. The molecular weight excluding hydrogens is 402 g/mol. The summed E-state index contributed by atoms with van der Waals surface area (Å²) in [4.78, 5) is 12.6. The van der Waals surface area contributed by atoms with E-state index in [2.05, 4.69) is 45.4 Å². The number of rotatable bonds is 5. The van der Waals surface area contributed by atoms with Gasteiger partial charge >= 0.3 is 0 Å². The molecule has 1 N–H and O–H groups in total. The monoisotopic (exact) mass is 423 g/mol. The molecule has 2 atom stereocenters. The molecule has 3 aromatic rings. The average molecular weight is 424 g/mol. The van der Waals surface area contributed by atoms with Crippen molar-refractivity contribution < 1.29 is 4.79 Å². The lowest BCUT2D eigenvalue weighted by Crippen LogP contribution is -2.25. The lowest BCUT2D eigenvalue weighted by molar-refractivity contribution is -0.122. The largest absolute Gasteiger partial charge is 0.352 e. The summed E-state index contributed by atoms with van der Waals surface area (Å²) in [6, 6.07) is 18.3. The summed E-state index contributed by atoms with van der Waals surface area (Å²) in [7, 11) is 0. The molecular formula is C22H22BrN3O. The Morgan fingerprint density at radius 3 is 2.70 bits per heavy atom. The molecule has 2 unspecified atom stereocenters. The Morgan fingerprint density at radius 1 is 1.19 bits per heavy atom. The van der Waals surface area contributed by atoms with E-state index < -0.39 is 0 Å². The van der Waals surface area contributed by atoms with Crippen LogP contribution in [0.3, 0.4) is 0 Å². The standard InChI is InChI=1S/C22H22BrN3O/c1-14-21(15(2)26(25-14)18-9-4-3-5-10-18)13-24-22(27)20-12-19(20)16-7-6-8-17(23)11-16/h3-11,19-20H,12-13H2,1-2H3,(H,24,27). The number of carbonyl (C=O) groups is 1. The van der Waals surface area contributed by atoms with Crippen molar-refractivity contribution in [1.82, 2.24) is 15.1 Å². The Bertz CT molecular complexity index is 980. The highest BCUT2D eigenvalue weighted by Crippen LogP contribution is 2.48. The number of amides is 1. The Labute approximate surface area is 167 Å². The number of nitrogens with one attached hydrogen (secondary N) is 1. The second kappa shape index (κ2) is 7.31. The Kier molecular flexibility index (Phi) is 4.87. The Morgan fingerprint density at radius 2 is 1.96 bits per heavy atom. The summed E-state index contributed by atoms with van der Waals surface area (Å²) in [6.45, 7) is 4.57. The molecule has 0 bridgehead atoms. The van der Waals surface area contributed by atoms with Gasteiger partial charge in [0.15, 0.2) is 0 Å². The zero-order valence-electron chi connectivity index (χ0n) is 15.4. The molecule has 1 aliphatic rings. The van der Waals surface area contributed by atoms with Crippen LogP contribution in [0.25, 0.3) is 5.69 Å². The van der Waals surface area contributed by atoms with Crippen molar-refractivity contribution in [3.05, 3.63) is 81.6 Å². The van der Waals surface area contributed by atoms with Crippen molar-refractivity contribution in [1.29, 1.82) is 0 Å². The number of hydrogen-bond donors (Lipinski definition) is 1. The van der Waals surface area contributed by atoms with E-state index >= 15 is 0 Å². The highest BCUT2D eigenvalue weighted by atomic mass is 79.9. The molecule has 0 saturated heterocycles. The van der Waals surface area contributed by atoms with Crippen LogP contribution in [0.2, 0.25) is 0 Å². The maximum atomic E-state index is 12.6. The van der Waals surface area contributed by atoms with Gasteiger partial charge in [-0.05, 0) is 56.0 Å². The Balaban J connectivity index is 1.42. The molecule has 27 heavy (non-hydrogen) atoms. The predicted molar refractivity (Wildman–Crippen MR) is 110 cm³/mol. The van der Waals surface area contributed by atoms with Gasteiger partial charge in [-0.15, -0.1) is 0 Å². The van der Waals surface area contributed by atoms with Gasteiger partial charge in [0.2, 0.25) is 5.91 Å². The van der Waals surface area contributed by atoms with Crippen molar-refractivity contribution in [2.75, 3.05) is 0 Å². The average Bonchev–Trinajstić information content (AvgIpc) is 3.42. The lowest BCUT2D eigenvalue weighted by Gasteiger charge is -2.07. The molecule has 0 aliphatic heterocycles. The zero-order chi connectivity index (χ0) is 19.0. The van der Waals surface area contributed by atoms with Crippen molar-refractivity contribution in [3.63, 3.8) is 0 Å². The molecule has 5 heteroatoms. The molecule has 1 heterocycles. The molecule has 0 radical (unpaired) electrons. The zero-order valence-corrected chi connectivity index (χ0v) is 17.0. The number of carbonyl (C=O) groups excluding carboxylic acids is 1. The van der Waals surface area contributed by atoms with E-state index in [1.54, 1.807) is 0 Å². The predicted octanol–water partition coefficient (Wildman–Crippen LogP) is 4.67. The molecule has 1 amide bonds. The van der Waals surface area contributed by atoms with Crippen LogP contribution in [0.5, 0.6) is 0 Å².